The summed E-state index contributed by atoms with van der Waals surface area (Å²) in [6.07, 6.45) is -0.223. The lowest BCUT2D eigenvalue weighted by Crippen LogP contribution is -2.33. The highest BCUT2D eigenvalue weighted by Crippen LogP contribution is 2.42. The van der Waals surface area contributed by atoms with Crippen LogP contribution < -0.4 is 5.73 Å². The first-order valence-corrected chi connectivity index (χ1v) is 4.97. The second-order valence-corrected chi connectivity index (χ2v) is 4.68. The number of carboxylic acids is 1. The Morgan fingerprint density at radius 3 is 2.25 bits per heavy atom. The molecule has 0 aromatic carbocycles. The van der Waals surface area contributed by atoms with Gasteiger partial charge in [0.2, 0.25) is 0 Å². The average Bonchev–Trinajstić information content (AvgIpc) is 1.85. The van der Waals surface area contributed by atoms with Crippen molar-refractivity contribution in [1.82, 2.24) is 0 Å². The zero-order valence-electron chi connectivity index (χ0n) is 6.54. The Bertz CT molecular complexity index is 212. The second-order valence-electron chi connectivity index (χ2n) is 2.62. The molecule has 0 aliphatic carbocycles. The number of aliphatic carboxylic acids is 1. The van der Waals surface area contributed by atoms with E-state index in [0.717, 1.165) is 0 Å². The second kappa shape index (κ2) is 4.00. The largest absolute Gasteiger partial charge is 0.480 e. The van der Waals surface area contributed by atoms with Crippen molar-refractivity contribution in [3.05, 3.63) is 0 Å². The molecule has 0 aromatic rings. The Morgan fingerprint density at radius 2 is 2.00 bits per heavy atom. The number of hydrogen-bond acceptors (Lipinski definition) is 3. The minimum Gasteiger partial charge on any atom is -0.480 e. The molecule has 0 aromatic heterocycles. The fraction of sp³-hybridized carbons (Fsp3) is 0.800. The van der Waals surface area contributed by atoms with E-state index in [4.69, 9.17) is 20.6 Å². The van der Waals surface area contributed by atoms with Gasteiger partial charge in [0.05, 0.1) is 5.66 Å². The molecule has 0 rings (SSSR count). The monoisotopic (exact) mass is 197 g/mol. The van der Waals surface area contributed by atoms with Crippen molar-refractivity contribution in [3.63, 3.8) is 0 Å². The lowest BCUT2D eigenvalue weighted by atomic mass is 10.2. The minimum absolute atomic E-state index is 0.223. The molecular weight excluding hydrogens is 185 g/mol. The average molecular weight is 197 g/mol. The molecule has 0 aliphatic rings. The maximum Gasteiger partial charge on any atom is 0.328 e. The fourth-order valence-electron chi connectivity index (χ4n) is 0.606. The Morgan fingerprint density at radius 1 is 1.58 bits per heavy atom. The van der Waals surface area contributed by atoms with E-state index < -0.39 is 25.3 Å². The SMILES string of the molecule is C[C@@H](C[C@H](N)C(=O)O)P(=O)(O)O. The van der Waals surface area contributed by atoms with Crippen LogP contribution in [-0.4, -0.2) is 32.6 Å². The van der Waals surface area contributed by atoms with Gasteiger partial charge in [-0.25, -0.2) is 0 Å². The normalized spacial score (nSPS) is 17.0. The Labute approximate surface area is 69.5 Å². The molecule has 0 fully saturated rings. The topological polar surface area (TPSA) is 121 Å². The van der Waals surface area contributed by atoms with E-state index in [0.29, 0.717) is 0 Å². The van der Waals surface area contributed by atoms with E-state index in [2.05, 4.69) is 0 Å². The van der Waals surface area contributed by atoms with Crippen LogP contribution in [0.5, 0.6) is 0 Å². The standard InChI is InChI=1S/C5H12NO5P/c1-3(12(9,10)11)2-4(6)5(7)8/h3-4H,2,6H2,1H3,(H,7,8)(H2,9,10,11)/t3-,4-/m0/s1. The quantitative estimate of drug-likeness (QED) is 0.444. The van der Waals surface area contributed by atoms with Crippen LogP contribution in [0.25, 0.3) is 0 Å². The molecule has 0 heterocycles. The number of hydrogen-bond donors (Lipinski definition) is 4. The summed E-state index contributed by atoms with van der Waals surface area (Å²) in [5.41, 5.74) is 4.06. The molecule has 7 heteroatoms. The summed E-state index contributed by atoms with van der Waals surface area (Å²) in [5, 5.41) is 8.32. The molecular formula is C5H12NO5P. The van der Waals surface area contributed by atoms with Crippen LogP contribution in [0.4, 0.5) is 0 Å². The summed E-state index contributed by atoms with van der Waals surface area (Å²) in [6.45, 7) is 1.27. The van der Waals surface area contributed by atoms with Gasteiger partial charge in [-0.3, -0.25) is 9.36 Å². The first kappa shape index (κ1) is 11.6. The summed E-state index contributed by atoms with van der Waals surface area (Å²) in [6, 6.07) is -1.22. The third-order valence-corrected chi connectivity index (χ3v) is 2.85. The van der Waals surface area contributed by atoms with Crippen LogP contribution in [0.2, 0.25) is 0 Å². The summed E-state index contributed by atoms with van der Waals surface area (Å²) >= 11 is 0. The first-order chi connectivity index (χ1) is 5.25. The highest BCUT2D eigenvalue weighted by Gasteiger charge is 2.27. The van der Waals surface area contributed by atoms with Gasteiger partial charge in [0.1, 0.15) is 6.04 Å². The summed E-state index contributed by atoms with van der Waals surface area (Å²) in [4.78, 5) is 27.3. The van der Waals surface area contributed by atoms with Crippen molar-refractivity contribution in [2.45, 2.75) is 25.0 Å². The Hall–Kier alpha value is -0.420. The zero-order chi connectivity index (χ0) is 9.94. The molecule has 0 amide bonds. The lowest BCUT2D eigenvalue weighted by Gasteiger charge is -2.14. The predicted octanol–water partition coefficient (Wildman–Crippen LogP) is -0.645. The van der Waals surface area contributed by atoms with E-state index in [-0.39, 0.29) is 6.42 Å². The maximum absolute atomic E-state index is 10.5. The van der Waals surface area contributed by atoms with Crippen LogP contribution in [0.1, 0.15) is 13.3 Å². The van der Waals surface area contributed by atoms with E-state index in [1.807, 2.05) is 0 Å². The summed E-state index contributed by atoms with van der Waals surface area (Å²) < 4.78 is 10.5. The van der Waals surface area contributed by atoms with Crippen LogP contribution in [0, 0.1) is 0 Å². The van der Waals surface area contributed by atoms with E-state index in [1.165, 1.54) is 6.92 Å². The van der Waals surface area contributed by atoms with Crippen molar-refractivity contribution in [1.29, 1.82) is 0 Å². The molecule has 6 nitrogen and oxygen atoms in total. The molecule has 2 atom stereocenters. The minimum atomic E-state index is -4.19. The van der Waals surface area contributed by atoms with E-state index >= 15 is 0 Å². The van der Waals surface area contributed by atoms with Crippen LogP contribution in [0.15, 0.2) is 0 Å². The molecule has 0 unspecified atom stereocenters. The molecule has 72 valence electrons. The number of carboxylic acid groups (broad SMARTS) is 1. The summed E-state index contributed by atoms with van der Waals surface area (Å²) in [7, 11) is -4.19. The summed E-state index contributed by atoms with van der Waals surface area (Å²) in [5.74, 6) is -1.25. The Balaban J connectivity index is 4.11. The molecule has 0 bridgehead atoms. The lowest BCUT2D eigenvalue weighted by molar-refractivity contribution is -0.138. The van der Waals surface area contributed by atoms with Crippen LogP contribution >= 0.6 is 7.60 Å². The third-order valence-electron chi connectivity index (χ3n) is 1.49. The molecule has 5 N–H and O–H groups in total. The third kappa shape index (κ3) is 3.82. The molecule has 0 radical (unpaired) electrons. The van der Waals surface area contributed by atoms with Gasteiger partial charge in [-0.2, -0.15) is 0 Å². The number of carbonyl (C=O) groups is 1. The highest BCUT2D eigenvalue weighted by molar-refractivity contribution is 7.52. The highest BCUT2D eigenvalue weighted by atomic mass is 31.2. The van der Waals surface area contributed by atoms with Gasteiger partial charge in [0.25, 0.3) is 0 Å². The van der Waals surface area contributed by atoms with Gasteiger partial charge < -0.3 is 20.6 Å². The van der Waals surface area contributed by atoms with Crippen molar-refractivity contribution >= 4 is 13.6 Å². The molecule has 0 spiro atoms. The number of rotatable bonds is 4. The predicted molar refractivity (Wildman–Crippen MR) is 41.7 cm³/mol. The van der Waals surface area contributed by atoms with Crippen LogP contribution in [0.3, 0.4) is 0 Å². The number of nitrogens with two attached hydrogens (primary N) is 1. The van der Waals surface area contributed by atoms with Crippen molar-refractivity contribution in [2.75, 3.05) is 0 Å². The maximum atomic E-state index is 10.5. The molecule has 12 heavy (non-hydrogen) atoms. The molecule has 0 saturated carbocycles. The van der Waals surface area contributed by atoms with Gasteiger partial charge in [-0.05, 0) is 6.42 Å². The van der Waals surface area contributed by atoms with Crippen molar-refractivity contribution in [3.8, 4) is 0 Å². The molecule has 0 saturated heterocycles. The smallest absolute Gasteiger partial charge is 0.328 e. The van der Waals surface area contributed by atoms with Gasteiger partial charge in [-0.1, -0.05) is 6.92 Å². The van der Waals surface area contributed by atoms with Gasteiger partial charge >= 0.3 is 13.6 Å². The first-order valence-electron chi connectivity index (χ1n) is 3.28. The van der Waals surface area contributed by atoms with Crippen molar-refractivity contribution in [2.24, 2.45) is 5.73 Å². The van der Waals surface area contributed by atoms with E-state index in [9.17, 15) is 9.36 Å². The van der Waals surface area contributed by atoms with Gasteiger partial charge in [-0.15, -0.1) is 0 Å². The van der Waals surface area contributed by atoms with Crippen molar-refractivity contribution < 1.29 is 24.3 Å². The van der Waals surface area contributed by atoms with Gasteiger partial charge in [0.15, 0.2) is 0 Å². The molecule has 0 aliphatic heterocycles. The van der Waals surface area contributed by atoms with Gasteiger partial charge in [0, 0.05) is 0 Å². The zero-order valence-corrected chi connectivity index (χ0v) is 7.44. The fourth-order valence-corrected chi connectivity index (χ4v) is 1.11. The van der Waals surface area contributed by atoms with E-state index in [1.54, 1.807) is 0 Å². The Kier molecular flexibility index (Phi) is 3.86. The van der Waals surface area contributed by atoms with Crippen LogP contribution in [-0.2, 0) is 9.36 Å².